The molecule has 0 bridgehead atoms. The number of halogens is 1. The first-order valence-electron chi connectivity index (χ1n) is 9.56. The summed E-state index contributed by atoms with van der Waals surface area (Å²) in [5.41, 5.74) is 1.85. The Morgan fingerprint density at radius 3 is 2.63 bits per heavy atom. The van der Waals surface area contributed by atoms with Crippen molar-refractivity contribution >= 4 is 5.91 Å². The van der Waals surface area contributed by atoms with Crippen molar-refractivity contribution in [3.05, 3.63) is 59.7 Å². The van der Waals surface area contributed by atoms with Crippen LogP contribution in [0.3, 0.4) is 0 Å². The third-order valence-corrected chi connectivity index (χ3v) is 5.41. The van der Waals surface area contributed by atoms with Gasteiger partial charge in [0.25, 0.3) is 5.91 Å². The molecule has 0 spiro atoms. The van der Waals surface area contributed by atoms with Crippen LogP contribution in [-0.4, -0.2) is 59.5 Å². The van der Waals surface area contributed by atoms with E-state index in [-0.39, 0.29) is 17.8 Å². The summed E-state index contributed by atoms with van der Waals surface area (Å²) in [6.45, 7) is 4.31. The zero-order valence-electron chi connectivity index (χ0n) is 15.3. The second-order valence-electron chi connectivity index (χ2n) is 7.19. The van der Waals surface area contributed by atoms with Gasteiger partial charge in [-0.3, -0.25) is 9.78 Å². The minimum atomic E-state index is -0.247. The molecule has 2 aliphatic heterocycles. The summed E-state index contributed by atoms with van der Waals surface area (Å²) < 4.78 is 18.9. The second-order valence-corrected chi connectivity index (χ2v) is 7.19. The molecule has 1 aromatic heterocycles. The van der Waals surface area contributed by atoms with Gasteiger partial charge in [0.05, 0.1) is 0 Å². The fourth-order valence-electron chi connectivity index (χ4n) is 3.79. The van der Waals surface area contributed by atoms with Crippen LogP contribution in [0.1, 0.15) is 28.8 Å². The molecule has 5 nitrogen and oxygen atoms in total. The van der Waals surface area contributed by atoms with Crippen molar-refractivity contribution in [3.63, 3.8) is 0 Å². The van der Waals surface area contributed by atoms with Gasteiger partial charge in [-0.1, -0.05) is 0 Å². The summed E-state index contributed by atoms with van der Waals surface area (Å²) in [6.07, 6.45) is 6.42. The van der Waals surface area contributed by atoms with Crippen LogP contribution in [0.5, 0.6) is 5.75 Å². The minimum Gasteiger partial charge on any atom is -0.490 e. The number of piperidine rings is 1. The number of fused-ring (bicyclic) bond motifs is 1. The molecular weight excluding hydrogens is 345 g/mol. The van der Waals surface area contributed by atoms with Gasteiger partial charge < -0.3 is 14.5 Å². The number of rotatable bonds is 5. The van der Waals surface area contributed by atoms with Crippen LogP contribution in [-0.2, 0) is 6.42 Å². The minimum absolute atomic E-state index is 0.119. The number of carbonyl (C=O) groups excluding carboxylic acids is 1. The number of ether oxygens (including phenoxy) is 1. The molecule has 27 heavy (non-hydrogen) atoms. The van der Waals surface area contributed by atoms with Crippen LogP contribution in [0, 0.1) is 5.82 Å². The normalized spacial score (nSPS) is 18.4. The van der Waals surface area contributed by atoms with Crippen LogP contribution in [0.2, 0.25) is 0 Å². The van der Waals surface area contributed by atoms with Crippen molar-refractivity contribution in [1.82, 2.24) is 14.8 Å². The van der Waals surface area contributed by atoms with Gasteiger partial charge in [0.15, 0.2) is 0 Å². The van der Waals surface area contributed by atoms with Gasteiger partial charge in [-0.15, -0.1) is 0 Å². The van der Waals surface area contributed by atoms with Gasteiger partial charge in [-0.05, 0) is 55.2 Å². The summed E-state index contributed by atoms with van der Waals surface area (Å²) in [5, 5.41) is 0. The monoisotopic (exact) mass is 369 g/mol. The fourth-order valence-corrected chi connectivity index (χ4v) is 3.79. The second kappa shape index (κ2) is 8.05. The Kier molecular flexibility index (Phi) is 5.34. The van der Waals surface area contributed by atoms with E-state index in [1.54, 1.807) is 24.5 Å². The molecule has 0 aliphatic carbocycles. The van der Waals surface area contributed by atoms with E-state index in [1.807, 2.05) is 11.0 Å². The van der Waals surface area contributed by atoms with Crippen LogP contribution < -0.4 is 4.74 Å². The summed E-state index contributed by atoms with van der Waals surface area (Å²) in [4.78, 5) is 21.0. The largest absolute Gasteiger partial charge is 0.490 e. The van der Waals surface area contributed by atoms with E-state index < -0.39 is 0 Å². The van der Waals surface area contributed by atoms with Gasteiger partial charge in [0.2, 0.25) is 0 Å². The molecular formula is C21H24FN3O2. The molecule has 1 saturated heterocycles. The Labute approximate surface area is 158 Å². The number of aromatic nitrogens is 1. The van der Waals surface area contributed by atoms with E-state index in [2.05, 4.69) is 9.88 Å². The Balaban J connectivity index is 1.23. The Bertz CT molecular complexity index is 788. The maximum atomic E-state index is 13.0. The number of hydrogen-bond donors (Lipinski definition) is 0. The van der Waals surface area contributed by atoms with Crippen LogP contribution in [0.25, 0.3) is 0 Å². The molecule has 1 amide bonds. The first kappa shape index (κ1) is 17.9. The Morgan fingerprint density at radius 1 is 1.07 bits per heavy atom. The SMILES string of the molecule is O=C1c2ccncc2CCN1CCN1CCC(Oc2ccc(F)cc2)CC1. The fraction of sp³-hybridized carbons (Fsp3) is 0.429. The van der Waals surface area contributed by atoms with Crippen molar-refractivity contribution in [1.29, 1.82) is 0 Å². The highest BCUT2D eigenvalue weighted by atomic mass is 19.1. The zero-order chi connectivity index (χ0) is 18.6. The third kappa shape index (κ3) is 4.27. The molecule has 1 aromatic carbocycles. The molecule has 2 aromatic rings. The lowest BCUT2D eigenvalue weighted by Crippen LogP contribution is -2.45. The van der Waals surface area contributed by atoms with Gasteiger partial charge >= 0.3 is 0 Å². The Morgan fingerprint density at radius 2 is 1.85 bits per heavy atom. The van der Waals surface area contributed by atoms with E-state index in [9.17, 15) is 9.18 Å². The summed E-state index contributed by atoms with van der Waals surface area (Å²) >= 11 is 0. The highest BCUT2D eigenvalue weighted by molar-refractivity contribution is 5.96. The predicted octanol–water partition coefficient (Wildman–Crippen LogP) is 2.76. The van der Waals surface area contributed by atoms with Crippen molar-refractivity contribution in [2.24, 2.45) is 0 Å². The Hall–Kier alpha value is -2.47. The van der Waals surface area contributed by atoms with Gasteiger partial charge in [0, 0.05) is 50.7 Å². The summed E-state index contributed by atoms with van der Waals surface area (Å²) in [7, 11) is 0. The molecule has 4 rings (SSSR count). The molecule has 0 radical (unpaired) electrons. The number of carbonyl (C=O) groups is 1. The molecule has 2 aliphatic rings. The first-order valence-corrected chi connectivity index (χ1v) is 9.56. The molecule has 0 saturated carbocycles. The van der Waals surface area contributed by atoms with Crippen molar-refractivity contribution < 1.29 is 13.9 Å². The molecule has 142 valence electrons. The average molecular weight is 369 g/mol. The van der Waals surface area contributed by atoms with E-state index in [0.29, 0.717) is 0 Å². The third-order valence-electron chi connectivity index (χ3n) is 5.41. The molecule has 1 fully saturated rings. The van der Waals surface area contributed by atoms with Crippen molar-refractivity contribution in [3.8, 4) is 5.75 Å². The van der Waals surface area contributed by atoms with Crippen LogP contribution in [0.15, 0.2) is 42.7 Å². The van der Waals surface area contributed by atoms with Gasteiger partial charge in [-0.25, -0.2) is 4.39 Å². The molecule has 0 atom stereocenters. The zero-order valence-corrected chi connectivity index (χ0v) is 15.3. The predicted molar refractivity (Wildman–Crippen MR) is 100 cm³/mol. The van der Waals surface area contributed by atoms with Crippen molar-refractivity contribution in [2.75, 3.05) is 32.7 Å². The number of likely N-dealkylation sites (tertiary alicyclic amines) is 1. The molecule has 0 unspecified atom stereocenters. The highest BCUT2D eigenvalue weighted by Gasteiger charge is 2.26. The van der Waals surface area contributed by atoms with E-state index in [1.165, 1.54) is 12.1 Å². The maximum absolute atomic E-state index is 13.0. The topological polar surface area (TPSA) is 45.7 Å². The van der Waals surface area contributed by atoms with E-state index in [4.69, 9.17) is 4.74 Å². The van der Waals surface area contributed by atoms with Gasteiger partial charge in [-0.2, -0.15) is 0 Å². The lowest BCUT2D eigenvalue weighted by atomic mass is 10.0. The number of nitrogens with zero attached hydrogens (tertiary/aromatic N) is 3. The molecule has 3 heterocycles. The maximum Gasteiger partial charge on any atom is 0.254 e. The average Bonchev–Trinajstić information content (AvgIpc) is 2.71. The summed E-state index contributed by atoms with van der Waals surface area (Å²) in [5.74, 6) is 0.596. The molecule has 0 N–H and O–H groups in total. The van der Waals surface area contributed by atoms with Crippen LogP contribution >= 0.6 is 0 Å². The number of amides is 1. The lowest BCUT2D eigenvalue weighted by molar-refractivity contribution is 0.0666. The van der Waals surface area contributed by atoms with Crippen molar-refractivity contribution in [2.45, 2.75) is 25.4 Å². The molecule has 6 heteroatoms. The number of pyridine rings is 1. The number of hydrogen-bond acceptors (Lipinski definition) is 4. The first-order chi connectivity index (χ1) is 13.2. The smallest absolute Gasteiger partial charge is 0.254 e. The van der Waals surface area contributed by atoms with E-state index >= 15 is 0 Å². The lowest BCUT2D eigenvalue weighted by Gasteiger charge is -2.34. The summed E-state index contributed by atoms with van der Waals surface area (Å²) in [6, 6.07) is 8.03. The van der Waals surface area contributed by atoms with E-state index in [0.717, 1.165) is 68.9 Å². The quantitative estimate of drug-likeness (QED) is 0.813. The van der Waals surface area contributed by atoms with Crippen LogP contribution in [0.4, 0.5) is 4.39 Å². The van der Waals surface area contributed by atoms with Gasteiger partial charge in [0.1, 0.15) is 17.7 Å². The standard InChI is InChI=1S/C21H24FN3O2/c22-17-1-3-18(4-2-17)27-19-7-10-24(11-8-19)13-14-25-12-6-16-15-23-9-5-20(16)21(25)26/h1-5,9,15,19H,6-8,10-14H2. The highest BCUT2D eigenvalue weighted by Crippen LogP contribution is 2.20. The number of benzene rings is 1.